The van der Waals surface area contributed by atoms with Crippen LogP contribution in [0, 0.1) is 0 Å². The van der Waals surface area contributed by atoms with Gasteiger partial charge in [-0.2, -0.15) is 0 Å². The average molecular weight is 372 g/mol. The summed E-state index contributed by atoms with van der Waals surface area (Å²) in [5, 5.41) is 11.8. The second kappa shape index (κ2) is 5.21. The lowest BCUT2D eigenvalue weighted by Gasteiger charge is -2.20. The molecule has 0 nitrogen and oxygen atoms in total. The van der Waals surface area contributed by atoms with E-state index in [1.165, 1.54) is 64.7 Å². The van der Waals surface area contributed by atoms with Crippen LogP contribution in [0.4, 0.5) is 0 Å². The summed E-state index contributed by atoms with van der Waals surface area (Å²) in [5.41, 5.74) is 5.76. The topological polar surface area (TPSA) is 0 Å². The van der Waals surface area contributed by atoms with Crippen LogP contribution in [0.25, 0.3) is 53.5 Å². The molecule has 0 saturated carbocycles. The lowest BCUT2D eigenvalue weighted by atomic mass is 9.83. The van der Waals surface area contributed by atoms with Crippen molar-refractivity contribution in [3.63, 3.8) is 0 Å². The van der Waals surface area contributed by atoms with Crippen LogP contribution in [0.2, 0.25) is 0 Å². The fourth-order valence-electron chi connectivity index (χ4n) is 4.96. The highest BCUT2D eigenvalue weighted by Crippen LogP contribution is 2.47. The number of rotatable bonds is 0. The van der Waals surface area contributed by atoms with Gasteiger partial charge in [-0.1, -0.05) is 48.5 Å². The van der Waals surface area contributed by atoms with Crippen molar-refractivity contribution in [3.8, 4) is 11.1 Å². The molecule has 1 aliphatic carbocycles. The van der Waals surface area contributed by atoms with Crippen molar-refractivity contribution >= 4 is 53.7 Å². The maximum Gasteiger partial charge on any atom is 0.0358 e. The summed E-state index contributed by atoms with van der Waals surface area (Å²) in [6.07, 6.45) is 1.05. The van der Waals surface area contributed by atoms with E-state index in [0.717, 1.165) is 6.42 Å². The predicted octanol–water partition coefficient (Wildman–Crippen LogP) is 7.93. The molecular formula is C27H16S. The Kier molecular flexibility index (Phi) is 2.76. The Hall–Kier alpha value is -3.16. The van der Waals surface area contributed by atoms with Gasteiger partial charge >= 0.3 is 0 Å². The summed E-state index contributed by atoms with van der Waals surface area (Å²) < 4.78 is 1.41. The zero-order chi connectivity index (χ0) is 18.2. The van der Waals surface area contributed by atoms with Gasteiger partial charge in [-0.05, 0) is 96.7 Å². The maximum atomic E-state index is 2.41. The number of fused-ring (bicyclic) bond motifs is 6. The quantitative estimate of drug-likeness (QED) is 0.237. The molecule has 0 fully saturated rings. The minimum Gasteiger partial charge on any atom is -0.143 e. The van der Waals surface area contributed by atoms with E-state index < -0.39 is 0 Å². The van der Waals surface area contributed by atoms with Gasteiger partial charge in [0, 0.05) is 10.1 Å². The van der Waals surface area contributed by atoms with Crippen molar-refractivity contribution in [2.24, 2.45) is 0 Å². The first-order valence-corrected chi connectivity index (χ1v) is 10.6. The van der Waals surface area contributed by atoms with Gasteiger partial charge in [0.2, 0.25) is 0 Å². The highest BCUT2D eigenvalue weighted by Gasteiger charge is 2.22. The lowest BCUT2D eigenvalue weighted by molar-refractivity contribution is 1.21. The molecule has 0 amide bonds. The van der Waals surface area contributed by atoms with Gasteiger partial charge in [0.25, 0.3) is 0 Å². The monoisotopic (exact) mass is 372 g/mol. The number of benzene rings is 5. The van der Waals surface area contributed by atoms with Gasteiger partial charge in [-0.3, -0.25) is 0 Å². The van der Waals surface area contributed by atoms with E-state index in [-0.39, 0.29) is 0 Å². The molecule has 0 radical (unpaired) electrons. The largest absolute Gasteiger partial charge is 0.143 e. The highest BCUT2D eigenvalue weighted by molar-refractivity contribution is 7.17. The van der Waals surface area contributed by atoms with Crippen LogP contribution >= 0.6 is 11.3 Å². The molecule has 0 aliphatic heterocycles. The van der Waals surface area contributed by atoms with Gasteiger partial charge in [-0.25, -0.2) is 0 Å². The molecule has 0 saturated heterocycles. The molecule has 0 N–H and O–H groups in total. The first-order valence-electron chi connectivity index (χ1n) is 9.73. The zero-order valence-electron chi connectivity index (χ0n) is 15.2. The third-order valence-electron chi connectivity index (χ3n) is 6.24. The van der Waals surface area contributed by atoms with Gasteiger partial charge in [0.1, 0.15) is 0 Å². The van der Waals surface area contributed by atoms with E-state index in [1.54, 1.807) is 0 Å². The Morgan fingerprint density at radius 2 is 1.32 bits per heavy atom. The van der Waals surface area contributed by atoms with Gasteiger partial charge in [-0.15, -0.1) is 11.3 Å². The maximum absolute atomic E-state index is 2.41. The minimum atomic E-state index is 1.05. The van der Waals surface area contributed by atoms with Crippen LogP contribution in [-0.4, -0.2) is 0 Å². The van der Waals surface area contributed by atoms with Crippen LogP contribution < -0.4 is 0 Å². The summed E-state index contributed by atoms with van der Waals surface area (Å²) in [6.45, 7) is 0. The summed E-state index contributed by atoms with van der Waals surface area (Å²) >= 11 is 1.89. The lowest BCUT2D eigenvalue weighted by Crippen LogP contribution is -1.99. The van der Waals surface area contributed by atoms with Crippen molar-refractivity contribution < 1.29 is 0 Å². The Labute approximate surface area is 166 Å². The summed E-state index contributed by atoms with van der Waals surface area (Å²) in [4.78, 5) is 0. The van der Waals surface area contributed by atoms with Crippen molar-refractivity contribution in [1.82, 2.24) is 0 Å². The number of hydrogen-bond acceptors (Lipinski definition) is 1. The van der Waals surface area contributed by atoms with E-state index >= 15 is 0 Å². The average Bonchev–Trinajstić information content (AvgIpc) is 3.13. The van der Waals surface area contributed by atoms with E-state index in [4.69, 9.17) is 0 Å². The molecule has 6 aromatic rings. The van der Waals surface area contributed by atoms with Crippen LogP contribution in [0.1, 0.15) is 11.1 Å². The Morgan fingerprint density at radius 1 is 0.607 bits per heavy atom. The fraction of sp³-hybridized carbons (Fsp3) is 0.0370. The van der Waals surface area contributed by atoms with Crippen LogP contribution in [0.5, 0.6) is 0 Å². The van der Waals surface area contributed by atoms with Gasteiger partial charge in [0.15, 0.2) is 0 Å². The second-order valence-corrected chi connectivity index (χ2v) is 8.75. The second-order valence-electron chi connectivity index (χ2n) is 7.84. The molecule has 0 spiro atoms. The smallest absolute Gasteiger partial charge is 0.0358 e. The van der Waals surface area contributed by atoms with Crippen LogP contribution in [0.15, 0.2) is 84.2 Å². The van der Waals surface area contributed by atoms with E-state index in [9.17, 15) is 0 Å². The van der Waals surface area contributed by atoms with Crippen LogP contribution in [0.3, 0.4) is 0 Å². The fourth-order valence-corrected chi connectivity index (χ4v) is 5.97. The van der Waals surface area contributed by atoms with Gasteiger partial charge < -0.3 is 0 Å². The highest BCUT2D eigenvalue weighted by atomic mass is 32.1. The number of thiophene rings is 1. The first-order chi connectivity index (χ1) is 13.8. The minimum absolute atomic E-state index is 1.05. The molecular weight excluding hydrogens is 356 g/mol. The molecule has 0 unspecified atom stereocenters. The molecule has 0 atom stereocenters. The van der Waals surface area contributed by atoms with Crippen molar-refractivity contribution in [1.29, 1.82) is 0 Å². The molecule has 0 bridgehead atoms. The van der Waals surface area contributed by atoms with Crippen LogP contribution in [-0.2, 0) is 6.42 Å². The first kappa shape index (κ1) is 14.8. The zero-order valence-corrected chi connectivity index (χ0v) is 16.0. The molecule has 130 valence electrons. The molecule has 5 aromatic carbocycles. The van der Waals surface area contributed by atoms with E-state index in [2.05, 4.69) is 84.2 Å². The summed E-state index contributed by atoms with van der Waals surface area (Å²) in [6, 6.07) is 29.4. The third kappa shape index (κ3) is 1.89. The normalized spacial score (nSPS) is 12.9. The molecule has 28 heavy (non-hydrogen) atoms. The van der Waals surface area contributed by atoms with E-state index in [0.29, 0.717) is 0 Å². The van der Waals surface area contributed by atoms with E-state index in [1.807, 2.05) is 11.3 Å². The van der Waals surface area contributed by atoms with Crippen molar-refractivity contribution in [2.75, 3.05) is 0 Å². The SMILES string of the molecule is c1ccc2c(c1)Cc1csc3cc4cc5cc6ccccc6cc5cc4c-2c13. The molecule has 7 rings (SSSR count). The Morgan fingerprint density at radius 3 is 2.18 bits per heavy atom. The van der Waals surface area contributed by atoms with Crippen molar-refractivity contribution in [3.05, 3.63) is 95.4 Å². The third-order valence-corrected chi connectivity index (χ3v) is 7.22. The van der Waals surface area contributed by atoms with Crippen molar-refractivity contribution in [2.45, 2.75) is 6.42 Å². The van der Waals surface area contributed by atoms with Gasteiger partial charge in [0.05, 0.1) is 0 Å². The summed E-state index contributed by atoms with van der Waals surface area (Å²) in [7, 11) is 0. The standard InChI is InChI=1S/C27H16S/c1-2-6-17-10-20-13-24-21(12-19(20)9-16(17)5-1)14-25-26-22(15-28-25)11-18-7-3-4-8-23(18)27(24)26/h1-10,12-15H,11H2. The molecule has 1 heteroatoms. The molecule has 1 aromatic heterocycles. The number of hydrogen-bond donors (Lipinski definition) is 0. The predicted molar refractivity (Wildman–Crippen MR) is 123 cm³/mol. The Bertz CT molecular complexity index is 1580. The Balaban J connectivity index is 1.70. The molecule has 1 heterocycles. The summed E-state index contributed by atoms with van der Waals surface area (Å²) in [5.74, 6) is 0. The molecule has 1 aliphatic rings.